The summed E-state index contributed by atoms with van der Waals surface area (Å²) in [4.78, 5) is 12.4. The topological polar surface area (TPSA) is 86.8 Å². The molecule has 0 radical (unpaired) electrons. The van der Waals surface area contributed by atoms with Gasteiger partial charge in [0.15, 0.2) is 0 Å². The molecule has 0 aliphatic carbocycles. The maximum Gasteiger partial charge on any atom is 0.320 e. The van der Waals surface area contributed by atoms with Gasteiger partial charge >= 0.3 is 5.97 Å². The normalized spacial score (nSPS) is 33.6. The molecule has 3 atom stereocenters. The molecular weight excluding hydrogens is 160 g/mol. The molecule has 0 saturated carbocycles. The third-order valence-electron chi connectivity index (χ3n) is 2.26. The average molecular weight is 174 g/mol. The van der Waals surface area contributed by atoms with Crippen LogP contribution in [0, 0.1) is 5.92 Å². The summed E-state index contributed by atoms with van der Waals surface area (Å²) >= 11 is 0. The highest BCUT2D eigenvalue weighted by molar-refractivity contribution is 5.73. The first-order chi connectivity index (χ1) is 5.52. The first-order valence-corrected chi connectivity index (χ1v) is 3.87. The molecule has 0 aromatic carbocycles. The quantitative estimate of drug-likeness (QED) is 0.465. The van der Waals surface area contributed by atoms with Gasteiger partial charge in [0.25, 0.3) is 0 Å². The van der Waals surface area contributed by atoms with Crippen molar-refractivity contribution in [3.05, 3.63) is 0 Å². The van der Waals surface area contributed by atoms with Crippen molar-refractivity contribution >= 4 is 5.97 Å². The molecule has 5 heteroatoms. The van der Waals surface area contributed by atoms with Crippen LogP contribution >= 0.6 is 0 Å². The fourth-order valence-corrected chi connectivity index (χ4v) is 1.55. The summed E-state index contributed by atoms with van der Waals surface area (Å²) in [7, 11) is 1.83. The van der Waals surface area contributed by atoms with Crippen LogP contribution < -0.4 is 5.73 Å². The monoisotopic (exact) mass is 174 g/mol. The van der Waals surface area contributed by atoms with E-state index in [1.165, 1.54) is 0 Å². The number of hydrogen-bond acceptors (Lipinski definition) is 4. The standard InChI is InChI=1S/C7H14N2O3/c1-9-2-4(5(10)3-9)6(8)7(11)12/h4-6,10H,2-3,8H2,1H3,(H,11,12)/t4?,5-,6?/m0/s1. The first-order valence-electron chi connectivity index (χ1n) is 3.87. The van der Waals surface area contributed by atoms with Crippen LogP contribution in [0.25, 0.3) is 0 Å². The molecule has 0 aromatic rings. The van der Waals surface area contributed by atoms with Crippen LogP contribution in [0.2, 0.25) is 0 Å². The van der Waals surface area contributed by atoms with Crippen LogP contribution in [0.3, 0.4) is 0 Å². The van der Waals surface area contributed by atoms with Gasteiger partial charge in [-0.05, 0) is 7.05 Å². The minimum Gasteiger partial charge on any atom is -0.480 e. The minimum absolute atomic E-state index is 0.340. The third kappa shape index (κ3) is 1.74. The Balaban J connectivity index is 2.57. The van der Waals surface area contributed by atoms with Gasteiger partial charge in [0, 0.05) is 19.0 Å². The number of hydrogen-bond donors (Lipinski definition) is 3. The Hall–Kier alpha value is -0.650. The lowest BCUT2D eigenvalue weighted by molar-refractivity contribution is -0.140. The molecule has 5 nitrogen and oxygen atoms in total. The Labute approximate surface area is 70.8 Å². The number of aliphatic hydroxyl groups is 1. The van der Waals surface area contributed by atoms with Crippen molar-refractivity contribution in [2.24, 2.45) is 11.7 Å². The zero-order valence-corrected chi connectivity index (χ0v) is 6.97. The first kappa shape index (κ1) is 9.44. The highest BCUT2D eigenvalue weighted by atomic mass is 16.4. The smallest absolute Gasteiger partial charge is 0.320 e. The van der Waals surface area contributed by atoms with E-state index in [2.05, 4.69) is 0 Å². The summed E-state index contributed by atoms with van der Waals surface area (Å²) in [6.07, 6.45) is -0.610. The largest absolute Gasteiger partial charge is 0.480 e. The second-order valence-electron chi connectivity index (χ2n) is 3.32. The molecule has 0 spiro atoms. The van der Waals surface area contributed by atoms with Crippen LogP contribution in [0.15, 0.2) is 0 Å². The maximum atomic E-state index is 10.5. The van der Waals surface area contributed by atoms with E-state index in [4.69, 9.17) is 10.8 Å². The van der Waals surface area contributed by atoms with E-state index in [1.54, 1.807) is 0 Å². The highest BCUT2D eigenvalue weighted by Crippen LogP contribution is 2.17. The van der Waals surface area contributed by atoms with Crippen LogP contribution in [-0.2, 0) is 4.79 Å². The molecule has 12 heavy (non-hydrogen) atoms. The summed E-state index contributed by atoms with van der Waals surface area (Å²) in [5.41, 5.74) is 5.39. The Morgan fingerprint density at radius 2 is 2.25 bits per heavy atom. The lowest BCUT2D eigenvalue weighted by Crippen LogP contribution is -2.43. The molecule has 1 aliphatic rings. The molecule has 0 aromatic heterocycles. The lowest BCUT2D eigenvalue weighted by atomic mass is 9.98. The van der Waals surface area contributed by atoms with Gasteiger partial charge < -0.3 is 20.8 Å². The van der Waals surface area contributed by atoms with Crippen LogP contribution in [0.1, 0.15) is 0 Å². The average Bonchev–Trinajstić information content (AvgIpc) is 2.28. The van der Waals surface area contributed by atoms with E-state index < -0.39 is 18.1 Å². The van der Waals surface area contributed by atoms with E-state index in [9.17, 15) is 9.90 Å². The Morgan fingerprint density at radius 3 is 2.58 bits per heavy atom. The maximum absolute atomic E-state index is 10.5. The molecular formula is C7H14N2O3. The predicted molar refractivity (Wildman–Crippen MR) is 42.6 cm³/mol. The lowest BCUT2D eigenvalue weighted by Gasteiger charge is -2.17. The molecule has 0 amide bonds. The summed E-state index contributed by atoms with van der Waals surface area (Å²) in [6.45, 7) is 1.06. The summed E-state index contributed by atoms with van der Waals surface area (Å²) in [5.74, 6) is -1.39. The second-order valence-corrected chi connectivity index (χ2v) is 3.32. The number of nitrogens with zero attached hydrogens (tertiary/aromatic N) is 1. The van der Waals surface area contributed by atoms with E-state index in [0.717, 1.165) is 0 Å². The van der Waals surface area contributed by atoms with Crippen molar-refractivity contribution < 1.29 is 15.0 Å². The molecule has 4 N–H and O–H groups in total. The van der Waals surface area contributed by atoms with Crippen molar-refractivity contribution in [2.75, 3.05) is 20.1 Å². The number of carboxylic acid groups (broad SMARTS) is 1. The molecule has 1 saturated heterocycles. The molecule has 70 valence electrons. The number of likely N-dealkylation sites (tertiary alicyclic amines) is 1. The molecule has 1 fully saturated rings. The van der Waals surface area contributed by atoms with Gasteiger partial charge in [-0.25, -0.2) is 0 Å². The molecule has 1 heterocycles. The number of rotatable bonds is 2. The molecule has 1 rings (SSSR count). The summed E-state index contributed by atoms with van der Waals surface area (Å²) in [6, 6.07) is -0.954. The van der Waals surface area contributed by atoms with E-state index >= 15 is 0 Å². The van der Waals surface area contributed by atoms with Crippen LogP contribution in [-0.4, -0.2) is 53.4 Å². The predicted octanol–water partition coefficient (Wildman–Crippen LogP) is -1.68. The van der Waals surface area contributed by atoms with Gasteiger partial charge in [-0.15, -0.1) is 0 Å². The van der Waals surface area contributed by atoms with Gasteiger partial charge in [0.2, 0.25) is 0 Å². The van der Waals surface area contributed by atoms with E-state index in [0.29, 0.717) is 13.1 Å². The van der Waals surface area contributed by atoms with Crippen LogP contribution in [0.5, 0.6) is 0 Å². The second kappa shape index (κ2) is 3.38. The Bertz CT molecular complexity index is 185. The van der Waals surface area contributed by atoms with Crippen LogP contribution in [0.4, 0.5) is 0 Å². The van der Waals surface area contributed by atoms with Gasteiger partial charge in [-0.3, -0.25) is 4.79 Å². The summed E-state index contributed by atoms with van der Waals surface area (Å²) < 4.78 is 0. The number of carboxylic acids is 1. The van der Waals surface area contributed by atoms with Crippen molar-refractivity contribution in [3.8, 4) is 0 Å². The zero-order chi connectivity index (χ0) is 9.30. The fourth-order valence-electron chi connectivity index (χ4n) is 1.55. The number of carbonyl (C=O) groups is 1. The van der Waals surface area contributed by atoms with Gasteiger partial charge in [-0.2, -0.15) is 0 Å². The summed E-state index contributed by atoms with van der Waals surface area (Å²) in [5, 5.41) is 18.0. The van der Waals surface area contributed by atoms with E-state index in [-0.39, 0.29) is 5.92 Å². The SMILES string of the molecule is CN1CC(C(N)C(=O)O)[C@@H](O)C1. The van der Waals surface area contributed by atoms with Gasteiger partial charge in [-0.1, -0.05) is 0 Å². The van der Waals surface area contributed by atoms with Crippen molar-refractivity contribution in [1.82, 2.24) is 4.90 Å². The van der Waals surface area contributed by atoms with Gasteiger partial charge in [0.1, 0.15) is 6.04 Å². The Morgan fingerprint density at radius 1 is 1.67 bits per heavy atom. The number of aliphatic carboxylic acids is 1. The number of nitrogens with two attached hydrogens (primary N) is 1. The Kier molecular flexibility index (Phi) is 2.66. The van der Waals surface area contributed by atoms with Crippen molar-refractivity contribution in [1.29, 1.82) is 0 Å². The fraction of sp³-hybridized carbons (Fsp3) is 0.857. The van der Waals surface area contributed by atoms with E-state index in [1.807, 2.05) is 11.9 Å². The number of β-amino-alcohol motifs (C(OH)–C–C–N with tert-alkyl or cyclic N) is 1. The minimum atomic E-state index is -1.05. The number of aliphatic hydroxyl groups excluding tert-OH is 1. The van der Waals surface area contributed by atoms with Crippen molar-refractivity contribution in [3.63, 3.8) is 0 Å². The highest BCUT2D eigenvalue weighted by Gasteiger charge is 2.36. The van der Waals surface area contributed by atoms with Crippen molar-refractivity contribution in [2.45, 2.75) is 12.1 Å². The molecule has 2 unspecified atom stereocenters. The van der Waals surface area contributed by atoms with Gasteiger partial charge in [0.05, 0.1) is 6.10 Å². The molecule has 0 bridgehead atoms. The molecule has 1 aliphatic heterocycles. The third-order valence-corrected chi connectivity index (χ3v) is 2.26. The number of likely N-dealkylation sites (N-methyl/N-ethyl adjacent to an activating group) is 1. The zero-order valence-electron chi connectivity index (χ0n) is 6.97.